The maximum atomic E-state index is 13.0. The SMILES string of the molecule is CC(C)N(CCO)CCCS(=O)(=O)N1CCC(c2c[nH]c3c(C(N)=O)cc(-c4ccccc4)cc23)CC1. The molecule has 4 N–H and O–H groups in total. The van der Waals surface area contributed by atoms with E-state index in [9.17, 15) is 18.3 Å². The Labute approximate surface area is 219 Å². The smallest absolute Gasteiger partial charge is 0.250 e. The van der Waals surface area contributed by atoms with E-state index in [1.807, 2.05) is 42.6 Å². The number of nitrogens with two attached hydrogens (primary N) is 1. The van der Waals surface area contributed by atoms with Crippen molar-refractivity contribution in [2.24, 2.45) is 5.73 Å². The van der Waals surface area contributed by atoms with Crippen molar-refractivity contribution in [2.75, 3.05) is 38.5 Å². The first-order valence-electron chi connectivity index (χ1n) is 13.0. The van der Waals surface area contributed by atoms with E-state index in [2.05, 4.69) is 29.8 Å². The number of sulfonamides is 1. The van der Waals surface area contributed by atoms with Gasteiger partial charge >= 0.3 is 0 Å². The summed E-state index contributed by atoms with van der Waals surface area (Å²) in [5.74, 6) is -0.179. The number of amides is 1. The van der Waals surface area contributed by atoms with E-state index < -0.39 is 15.9 Å². The summed E-state index contributed by atoms with van der Waals surface area (Å²) >= 11 is 0. The Bertz CT molecular complexity index is 1310. The molecule has 37 heavy (non-hydrogen) atoms. The van der Waals surface area contributed by atoms with Crippen LogP contribution in [-0.4, -0.2) is 78.2 Å². The number of fused-ring (bicyclic) bond motifs is 1. The van der Waals surface area contributed by atoms with E-state index in [0.29, 0.717) is 38.2 Å². The summed E-state index contributed by atoms with van der Waals surface area (Å²) in [6.45, 7) is 6.33. The maximum absolute atomic E-state index is 13.0. The van der Waals surface area contributed by atoms with Crippen molar-refractivity contribution in [1.82, 2.24) is 14.2 Å². The van der Waals surface area contributed by atoms with Gasteiger partial charge in [-0.05, 0) is 74.4 Å². The zero-order valence-electron chi connectivity index (χ0n) is 21.7. The van der Waals surface area contributed by atoms with E-state index in [4.69, 9.17) is 5.73 Å². The van der Waals surface area contributed by atoms with Crippen molar-refractivity contribution in [2.45, 2.75) is 45.1 Å². The Hall–Kier alpha value is -2.72. The molecule has 0 atom stereocenters. The molecule has 0 saturated carbocycles. The monoisotopic (exact) mass is 526 g/mol. The number of aromatic amines is 1. The van der Waals surface area contributed by atoms with Crippen molar-refractivity contribution in [3.05, 3.63) is 59.8 Å². The maximum Gasteiger partial charge on any atom is 0.250 e. The van der Waals surface area contributed by atoms with Gasteiger partial charge in [0.2, 0.25) is 10.0 Å². The standard InChI is InChI=1S/C28H38N4O4S/c1-20(2)31(14-15-33)11-6-16-37(35,36)32-12-9-22(10-13-32)26-19-30-27-24(26)17-23(18-25(27)28(29)34)21-7-4-3-5-8-21/h3-5,7-8,17-20,22,30,33H,6,9-16H2,1-2H3,(H2,29,34). The largest absolute Gasteiger partial charge is 0.395 e. The molecule has 200 valence electrons. The second kappa shape index (κ2) is 11.8. The number of benzene rings is 2. The van der Waals surface area contributed by atoms with Crippen LogP contribution in [0.25, 0.3) is 22.0 Å². The van der Waals surface area contributed by atoms with Crippen LogP contribution in [0.5, 0.6) is 0 Å². The number of nitrogens with one attached hydrogen (secondary N) is 1. The molecule has 1 aromatic heterocycles. The molecule has 1 fully saturated rings. The van der Waals surface area contributed by atoms with Crippen molar-refractivity contribution >= 4 is 26.8 Å². The van der Waals surface area contributed by atoms with Gasteiger partial charge in [-0.2, -0.15) is 0 Å². The Balaban J connectivity index is 1.47. The van der Waals surface area contributed by atoms with E-state index in [-0.39, 0.29) is 24.3 Å². The third-order valence-corrected chi connectivity index (χ3v) is 9.40. The van der Waals surface area contributed by atoms with Crippen molar-refractivity contribution in [1.29, 1.82) is 0 Å². The summed E-state index contributed by atoms with van der Waals surface area (Å²) in [4.78, 5) is 17.6. The molecule has 2 aromatic carbocycles. The molecule has 0 radical (unpaired) electrons. The number of primary amides is 1. The second-order valence-electron chi connectivity index (χ2n) is 10.1. The zero-order valence-corrected chi connectivity index (χ0v) is 22.5. The van der Waals surface area contributed by atoms with Crippen LogP contribution in [0.15, 0.2) is 48.7 Å². The topological polar surface area (TPSA) is 120 Å². The van der Waals surface area contributed by atoms with Gasteiger partial charge in [0.1, 0.15) is 0 Å². The van der Waals surface area contributed by atoms with Gasteiger partial charge in [-0.25, -0.2) is 12.7 Å². The minimum absolute atomic E-state index is 0.0695. The quantitative estimate of drug-likeness (QED) is 0.353. The molecule has 1 amide bonds. The van der Waals surface area contributed by atoms with Crippen LogP contribution in [0.3, 0.4) is 0 Å². The lowest BCUT2D eigenvalue weighted by atomic mass is 9.88. The first-order valence-corrected chi connectivity index (χ1v) is 14.6. The van der Waals surface area contributed by atoms with E-state index in [0.717, 1.165) is 40.4 Å². The fourth-order valence-corrected chi connectivity index (χ4v) is 6.88. The van der Waals surface area contributed by atoms with Gasteiger partial charge in [0.25, 0.3) is 5.91 Å². The number of aromatic nitrogens is 1. The third kappa shape index (κ3) is 6.23. The Kier molecular flexibility index (Phi) is 8.69. The molecule has 0 aliphatic carbocycles. The number of nitrogens with zero attached hydrogens (tertiary/aromatic N) is 2. The molecule has 1 aliphatic heterocycles. The number of H-pyrrole nitrogens is 1. The number of carbonyl (C=O) groups is 1. The summed E-state index contributed by atoms with van der Waals surface area (Å²) in [6, 6.07) is 14.1. The fraction of sp³-hybridized carbons (Fsp3) is 0.464. The second-order valence-corrected chi connectivity index (χ2v) is 12.2. The lowest BCUT2D eigenvalue weighted by Crippen LogP contribution is -2.40. The number of piperidine rings is 1. The lowest BCUT2D eigenvalue weighted by molar-refractivity contribution is 0.100. The number of rotatable bonds is 11. The molecule has 0 bridgehead atoms. The highest BCUT2D eigenvalue weighted by Crippen LogP contribution is 2.37. The Morgan fingerprint density at radius 2 is 1.84 bits per heavy atom. The van der Waals surface area contributed by atoms with Crippen LogP contribution in [0.2, 0.25) is 0 Å². The summed E-state index contributed by atoms with van der Waals surface area (Å²) < 4.78 is 27.7. The molecule has 4 rings (SSSR count). The molecular weight excluding hydrogens is 488 g/mol. The molecule has 9 heteroatoms. The minimum atomic E-state index is -3.34. The highest BCUT2D eigenvalue weighted by Gasteiger charge is 2.30. The van der Waals surface area contributed by atoms with Gasteiger partial charge in [0.15, 0.2) is 0 Å². The van der Waals surface area contributed by atoms with Crippen LogP contribution < -0.4 is 5.73 Å². The van der Waals surface area contributed by atoms with Crippen LogP contribution in [0.4, 0.5) is 0 Å². The van der Waals surface area contributed by atoms with E-state index >= 15 is 0 Å². The van der Waals surface area contributed by atoms with Crippen molar-refractivity contribution in [3.63, 3.8) is 0 Å². The highest BCUT2D eigenvalue weighted by atomic mass is 32.2. The average Bonchev–Trinajstić information content (AvgIpc) is 3.32. The summed E-state index contributed by atoms with van der Waals surface area (Å²) in [5, 5.41) is 10.2. The van der Waals surface area contributed by atoms with Crippen LogP contribution in [-0.2, 0) is 10.0 Å². The molecule has 3 aromatic rings. The first kappa shape index (κ1) is 27.3. The average molecular weight is 527 g/mol. The van der Waals surface area contributed by atoms with Gasteiger partial charge in [-0.15, -0.1) is 0 Å². The van der Waals surface area contributed by atoms with E-state index in [1.165, 1.54) is 0 Å². The van der Waals surface area contributed by atoms with Crippen molar-refractivity contribution < 1.29 is 18.3 Å². The fourth-order valence-electron chi connectivity index (χ4n) is 5.36. The number of carbonyl (C=O) groups excluding carboxylic acids is 1. The number of aliphatic hydroxyl groups excluding tert-OH is 1. The van der Waals surface area contributed by atoms with Gasteiger partial charge < -0.3 is 15.8 Å². The van der Waals surface area contributed by atoms with E-state index in [1.54, 1.807) is 4.31 Å². The summed E-state index contributed by atoms with van der Waals surface area (Å²) in [7, 11) is -3.34. The van der Waals surface area contributed by atoms with Gasteiger partial charge in [0.05, 0.1) is 23.4 Å². The summed E-state index contributed by atoms with van der Waals surface area (Å²) in [6.07, 6.45) is 3.93. The molecular formula is C28H38N4O4S. The van der Waals surface area contributed by atoms with Gasteiger partial charge in [-0.1, -0.05) is 30.3 Å². The van der Waals surface area contributed by atoms with Crippen LogP contribution in [0.1, 0.15) is 54.9 Å². The zero-order chi connectivity index (χ0) is 26.6. The predicted molar refractivity (Wildman–Crippen MR) is 148 cm³/mol. The predicted octanol–water partition coefficient (Wildman–Crippen LogP) is 3.54. The Morgan fingerprint density at radius 1 is 1.14 bits per heavy atom. The molecule has 0 unspecified atom stereocenters. The number of aliphatic hydroxyl groups is 1. The van der Waals surface area contributed by atoms with Crippen molar-refractivity contribution in [3.8, 4) is 11.1 Å². The molecule has 1 aliphatic rings. The molecule has 2 heterocycles. The summed E-state index contributed by atoms with van der Waals surface area (Å²) in [5.41, 5.74) is 9.95. The number of hydrogen-bond acceptors (Lipinski definition) is 5. The lowest BCUT2D eigenvalue weighted by Gasteiger charge is -2.32. The molecule has 8 nitrogen and oxygen atoms in total. The third-order valence-electron chi connectivity index (χ3n) is 7.45. The number of hydrogen-bond donors (Lipinski definition) is 3. The van der Waals surface area contributed by atoms with Gasteiger partial charge in [-0.3, -0.25) is 9.69 Å². The minimum Gasteiger partial charge on any atom is -0.395 e. The highest BCUT2D eigenvalue weighted by molar-refractivity contribution is 7.89. The molecule has 0 spiro atoms. The van der Waals surface area contributed by atoms with Crippen LogP contribution in [0, 0.1) is 0 Å². The van der Waals surface area contributed by atoms with Crippen LogP contribution >= 0.6 is 0 Å². The Morgan fingerprint density at radius 3 is 2.46 bits per heavy atom. The normalized spacial score (nSPS) is 15.7. The molecule has 1 saturated heterocycles. The first-order chi connectivity index (χ1) is 17.7. The van der Waals surface area contributed by atoms with Gasteiger partial charge in [0, 0.05) is 37.3 Å².